The van der Waals surface area contributed by atoms with E-state index in [1.54, 1.807) is 0 Å². The Morgan fingerprint density at radius 3 is 2.33 bits per heavy atom. The number of rotatable bonds is 6. The maximum Gasteiger partial charge on any atom is 0.289 e. The van der Waals surface area contributed by atoms with Crippen LogP contribution in [0.25, 0.3) is 0 Å². The largest absolute Gasteiger partial charge is 0.289 e. The number of alkyl halides is 1. The molecular formula is C10H13ClN2O6S2. The maximum atomic E-state index is 12.2. The van der Waals surface area contributed by atoms with Crippen LogP contribution in [0.4, 0.5) is 5.69 Å². The Bertz CT molecular complexity index is 760. The van der Waals surface area contributed by atoms with Crippen LogP contribution in [0, 0.1) is 10.1 Å². The topological polar surface area (TPSA) is 123 Å². The number of hydrogen-bond acceptors (Lipinski definition) is 6. The Hall–Kier alpha value is -1.23. The molecular weight excluding hydrogens is 344 g/mol. The maximum absolute atomic E-state index is 12.2. The fraction of sp³-hybridized carbons (Fsp3) is 0.400. The quantitative estimate of drug-likeness (QED) is 0.459. The van der Waals surface area contributed by atoms with Crippen molar-refractivity contribution < 1.29 is 21.8 Å². The van der Waals surface area contributed by atoms with Gasteiger partial charge in [0.1, 0.15) is 4.90 Å². The molecule has 1 aromatic rings. The third-order valence-electron chi connectivity index (χ3n) is 2.76. The predicted molar refractivity (Wildman–Crippen MR) is 76.7 cm³/mol. The molecule has 0 fully saturated rings. The van der Waals surface area contributed by atoms with Gasteiger partial charge >= 0.3 is 0 Å². The second-order valence-electron chi connectivity index (χ2n) is 4.10. The Labute approximate surface area is 127 Å². The van der Waals surface area contributed by atoms with Crippen LogP contribution in [0.15, 0.2) is 28.0 Å². The second-order valence-corrected chi connectivity index (χ2v) is 8.63. The van der Waals surface area contributed by atoms with Crippen molar-refractivity contribution in [1.82, 2.24) is 4.72 Å². The van der Waals surface area contributed by atoms with Crippen molar-refractivity contribution >= 4 is 37.1 Å². The molecule has 0 aliphatic rings. The molecule has 0 radical (unpaired) electrons. The van der Waals surface area contributed by atoms with E-state index in [-0.39, 0.29) is 5.88 Å². The van der Waals surface area contributed by atoms with Gasteiger partial charge in [0.2, 0.25) is 10.0 Å². The number of sulfone groups is 1. The third-order valence-corrected chi connectivity index (χ3v) is 7.00. The molecule has 0 saturated heterocycles. The molecule has 118 valence electrons. The van der Waals surface area contributed by atoms with Crippen molar-refractivity contribution in [3.05, 3.63) is 28.3 Å². The van der Waals surface area contributed by atoms with E-state index in [0.717, 1.165) is 19.2 Å². The Morgan fingerprint density at radius 2 is 1.90 bits per heavy atom. The summed E-state index contributed by atoms with van der Waals surface area (Å²) in [6.07, 6.45) is 0. The lowest BCUT2D eigenvalue weighted by molar-refractivity contribution is -0.388. The van der Waals surface area contributed by atoms with Crippen molar-refractivity contribution in [1.29, 1.82) is 0 Å². The minimum absolute atomic E-state index is 0.240. The highest BCUT2D eigenvalue weighted by atomic mass is 35.5. The molecule has 21 heavy (non-hydrogen) atoms. The minimum atomic E-state index is -4.02. The van der Waals surface area contributed by atoms with Crippen molar-refractivity contribution in [2.45, 2.75) is 22.0 Å². The monoisotopic (exact) mass is 356 g/mol. The summed E-state index contributed by atoms with van der Waals surface area (Å²) in [4.78, 5) is 9.14. The summed E-state index contributed by atoms with van der Waals surface area (Å²) in [5.41, 5.74) is -0.803. The van der Waals surface area contributed by atoms with Gasteiger partial charge in [0.05, 0.1) is 15.1 Å². The molecule has 1 N–H and O–H groups in total. The number of nitro benzene ring substituents is 1. The molecule has 0 aliphatic carbocycles. The molecule has 0 heterocycles. The predicted octanol–water partition coefficient (Wildman–Crippen LogP) is 0.904. The number of nitrogens with zero attached hydrogens (tertiary/aromatic N) is 1. The fourth-order valence-corrected chi connectivity index (χ4v) is 3.99. The van der Waals surface area contributed by atoms with Crippen molar-refractivity contribution in [2.24, 2.45) is 0 Å². The molecule has 0 aromatic heterocycles. The van der Waals surface area contributed by atoms with E-state index < -0.39 is 45.5 Å². The van der Waals surface area contributed by atoms with Gasteiger partial charge in [0, 0.05) is 11.9 Å². The summed E-state index contributed by atoms with van der Waals surface area (Å²) in [6.45, 7) is 1.31. The van der Waals surface area contributed by atoms with Gasteiger partial charge in [-0.25, -0.2) is 21.6 Å². The molecule has 1 rings (SSSR count). The summed E-state index contributed by atoms with van der Waals surface area (Å²) >= 11 is 5.49. The van der Waals surface area contributed by atoms with E-state index in [1.165, 1.54) is 6.92 Å². The standard InChI is InChI=1S/C10H13ClN2O6S2/c1-7(6-11)20(16,17)10-4-3-8(21(18,19)12-2)5-9(10)13(14)15/h3-5,7,12H,6H2,1-2H3. The Morgan fingerprint density at radius 1 is 1.33 bits per heavy atom. The van der Waals surface area contributed by atoms with Gasteiger partial charge in [-0.05, 0) is 26.1 Å². The lowest BCUT2D eigenvalue weighted by atomic mass is 10.3. The molecule has 11 heteroatoms. The zero-order valence-corrected chi connectivity index (χ0v) is 13.5. The lowest BCUT2D eigenvalue weighted by Crippen LogP contribution is -2.22. The van der Waals surface area contributed by atoms with Crippen LogP contribution in [0.1, 0.15) is 6.92 Å². The van der Waals surface area contributed by atoms with E-state index in [2.05, 4.69) is 0 Å². The molecule has 1 atom stereocenters. The van der Waals surface area contributed by atoms with Gasteiger partial charge < -0.3 is 0 Å². The zero-order valence-electron chi connectivity index (χ0n) is 11.1. The first-order valence-electron chi connectivity index (χ1n) is 5.59. The van der Waals surface area contributed by atoms with Crippen LogP contribution in [0.2, 0.25) is 0 Å². The van der Waals surface area contributed by atoms with Crippen LogP contribution in [0.3, 0.4) is 0 Å². The first kappa shape index (κ1) is 17.8. The molecule has 0 saturated carbocycles. The summed E-state index contributed by atoms with van der Waals surface area (Å²) in [6, 6.07) is 2.60. The van der Waals surface area contributed by atoms with E-state index in [9.17, 15) is 26.9 Å². The highest BCUT2D eigenvalue weighted by Crippen LogP contribution is 2.29. The van der Waals surface area contributed by atoms with Crippen LogP contribution in [0.5, 0.6) is 0 Å². The van der Waals surface area contributed by atoms with Gasteiger partial charge in [-0.3, -0.25) is 10.1 Å². The summed E-state index contributed by atoms with van der Waals surface area (Å²) in [5, 5.41) is 10.0. The Balaban J connectivity index is 3.62. The molecule has 1 unspecified atom stereocenters. The second kappa shape index (κ2) is 6.26. The van der Waals surface area contributed by atoms with E-state index in [1.807, 2.05) is 4.72 Å². The first-order valence-corrected chi connectivity index (χ1v) is 9.16. The molecule has 0 bridgehead atoms. The Kier molecular flexibility index (Phi) is 5.31. The van der Waals surface area contributed by atoms with Crippen LogP contribution >= 0.6 is 11.6 Å². The van der Waals surface area contributed by atoms with Crippen molar-refractivity contribution in [2.75, 3.05) is 12.9 Å². The van der Waals surface area contributed by atoms with Crippen LogP contribution < -0.4 is 4.72 Å². The molecule has 0 aliphatic heterocycles. The average molecular weight is 357 g/mol. The van der Waals surface area contributed by atoms with Crippen LogP contribution in [-0.4, -0.2) is 39.9 Å². The fourth-order valence-electron chi connectivity index (χ4n) is 1.47. The average Bonchev–Trinajstić information content (AvgIpc) is 2.45. The highest BCUT2D eigenvalue weighted by molar-refractivity contribution is 7.92. The van der Waals surface area contributed by atoms with E-state index in [0.29, 0.717) is 6.07 Å². The number of hydrogen-bond donors (Lipinski definition) is 1. The number of nitrogens with one attached hydrogen (secondary N) is 1. The third kappa shape index (κ3) is 3.51. The summed E-state index contributed by atoms with van der Waals surface area (Å²) in [7, 11) is -6.80. The number of halogens is 1. The van der Waals surface area contributed by atoms with Crippen molar-refractivity contribution in [3.63, 3.8) is 0 Å². The molecule has 0 amide bonds. The number of nitro groups is 1. The number of benzene rings is 1. The lowest BCUT2D eigenvalue weighted by Gasteiger charge is -2.11. The van der Waals surface area contributed by atoms with E-state index in [4.69, 9.17) is 11.6 Å². The van der Waals surface area contributed by atoms with Gasteiger partial charge in [-0.1, -0.05) is 0 Å². The number of sulfonamides is 1. The van der Waals surface area contributed by atoms with Crippen LogP contribution in [-0.2, 0) is 19.9 Å². The van der Waals surface area contributed by atoms with Gasteiger partial charge in [-0.2, -0.15) is 0 Å². The van der Waals surface area contributed by atoms with Gasteiger partial charge in [0.15, 0.2) is 9.84 Å². The SMILES string of the molecule is CNS(=O)(=O)c1ccc(S(=O)(=O)C(C)CCl)c([N+](=O)[O-])c1. The van der Waals surface area contributed by atoms with Gasteiger partial charge in [-0.15, -0.1) is 11.6 Å². The smallest absolute Gasteiger partial charge is 0.258 e. The normalized spacial score (nSPS) is 13.9. The molecule has 1 aromatic carbocycles. The molecule has 0 spiro atoms. The summed E-state index contributed by atoms with van der Waals surface area (Å²) in [5.74, 6) is -0.240. The minimum Gasteiger partial charge on any atom is -0.258 e. The van der Waals surface area contributed by atoms with Crippen molar-refractivity contribution in [3.8, 4) is 0 Å². The molecule has 8 nitrogen and oxygen atoms in total. The summed E-state index contributed by atoms with van der Waals surface area (Å²) < 4.78 is 49.6. The van der Waals surface area contributed by atoms with Gasteiger partial charge in [0.25, 0.3) is 5.69 Å². The van der Waals surface area contributed by atoms with E-state index >= 15 is 0 Å². The zero-order chi connectivity index (χ0) is 16.4. The highest BCUT2D eigenvalue weighted by Gasteiger charge is 2.31. The first-order chi connectivity index (χ1) is 9.57.